The van der Waals surface area contributed by atoms with Crippen LogP contribution in [0, 0.1) is 5.82 Å². The second-order valence-corrected chi connectivity index (χ2v) is 5.07. The fourth-order valence-electron chi connectivity index (χ4n) is 3.04. The summed E-state index contributed by atoms with van der Waals surface area (Å²) in [6.45, 7) is 1.33. The minimum Gasteiger partial charge on any atom is -0.374 e. The summed E-state index contributed by atoms with van der Waals surface area (Å²) in [5.74, 6) is 0.500. The summed E-state index contributed by atoms with van der Waals surface area (Å²) in [6.07, 6.45) is 5.93. The zero-order valence-electron chi connectivity index (χ0n) is 11.1. The van der Waals surface area contributed by atoms with Crippen molar-refractivity contribution in [3.63, 3.8) is 0 Å². The van der Waals surface area contributed by atoms with Crippen LogP contribution in [0.4, 0.5) is 16.2 Å². The van der Waals surface area contributed by atoms with E-state index in [4.69, 9.17) is 4.74 Å². The maximum atomic E-state index is 14.0. The fraction of sp³-hybridized carbons (Fsp3) is 0.692. The van der Waals surface area contributed by atoms with Crippen LogP contribution in [-0.4, -0.2) is 42.3 Å². The molecule has 6 heteroatoms. The third-order valence-corrected chi connectivity index (χ3v) is 3.95. The van der Waals surface area contributed by atoms with E-state index >= 15 is 0 Å². The first-order valence-electron chi connectivity index (χ1n) is 6.88. The van der Waals surface area contributed by atoms with Gasteiger partial charge in [0.2, 0.25) is 5.95 Å². The molecular formula is C13H19FN4O. The van der Waals surface area contributed by atoms with Crippen molar-refractivity contribution in [2.75, 3.05) is 30.4 Å². The van der Waals surface area contributed by atoms with Gasteiger partial charge in [-0.3, -0.25) is 0 Å². The molecular weight excluding hydrogens is 247 g/mol. The Bertz CT molecular complexity index is 454. The van der Waals surface area contributed by atoms with E-state index in [1.54, 1.807) is 7.05 Å². The second kappa shape index (κ2) is 5.28. The summed E-state index contributed by atoms with van der Waals surface area (Å²) < 4.78 is 19.8. The van der Waals surface area contributed by atoms with Crippen LogP contribution in [0.2, 0.25) is 0 Å². The molecule has 1 saturated carbocycles. The maximum absolute atomic E-state index is 14.0. The van der Waals surface area contributed by atoms with Crippen LogP contribution in [0.15, 0.2) is 6.20 Å². The number of rotatable bonds is 2. The molecule has 104 valence electrons. The standard InChI is InChI=1S/C13H19FN4O/c1-15-13-16-8-9(14)12(17-13)18-6-7-19-11-5-3-2-4-10(11)18/h8,10-11H,2-7H2,1H3,(H,15,16,17). The lowest BCUT2D eigenvalue weighted by molar-refractivity contribution is -0.00924. The highest BCUT2D eigenvalue weighted by molar-refractivity contribution is 5.45. The molecule has 2 unspecified atom stereocenters. The average molecular weight is 266 g/mol. The number of hydrogen-bond acceptors (Lipinski definition) is 5. The Balaban J connectivity index is 1.91. The van der Waals surface area contributed by atoms with Crippen molar-refractivity contribution in [1.82, 2.24) is 9.97 Å². The van der Waals surface area contributed by atoms with E-state index in [9.17, 15) is 4.39 Å². The molecule has 1 N–H and O–H groups in total. The zero-order valence-corrected chi connectivity index (χ0v) is 11.1. The van der Waals surface area contributed by atoms with E-state index in [0.717, 1.165) is 12.8 Å². The van der Waals surface area contributed by atoms with Gasteiger partial charge in [-0.25, -0.2) is 9.37 Å². The lowest BCUT2D eigenvalue weighted by atomic mass is 9.90. The molecule has 1 aromatic rings. The molecule has 3 rings (SSSR count). The lowest BCUT2D eigenvalue weighted by Crippen LogP contribution is -2.53. The third-order valence-electron chi connectivity index (χ3n) is 3.95. The number of halogens is 1. The monoisotopic (exact) mass is 266 g/mol. The SMILES string of the molecule is CNc1ncc(F)c(N2CCOC3CCCCC32)n1. The highest BCUT2D eigenvalue weighted by Gasteiger charge is 2.36. The normalized spacial score (nSPS) is 26.9. The molecule has 19 heavy (non-hydrogen) atoms. The fourth-order valence-corrected chi connectivity index (χ4v) is 3.04. The molecule has 5 nitrogen and oxygen atoms in total. The molecule has 2 aliphatic rings. The molecule has 1 aliphatic heterocycles. The first-order chi connectivity index (χ1) is 9.29. The molecule has 0 amide bonds. The van der Waals surface area contributed by atoms with E-state index in [-0.39, 0.29) is 18.0 Å². The first kappa shape index (κ1) is 12.6. The van der Waals surface area contributed by atoms with Gasteiger partial charge in [0.25, 0.3) is 0 Å². The zero-order chi connectivity index (χ0) is 13.2. The third kappa shape index (κ3) is 2.36. The molecule has 0 aromatic carbocycles. The van der Waals surface area contributed by atoms with E-state index in [0.29, 0.717) is 24.9 Å². The van der Waals surface area contributed by atoms with Gasteiger partial charge in [0.05, 0.1) is 24.9 Å². The predicted molar refractivity (Wildman–Crippen MR) is 70.9 cm³/mol. The summed E-state index contributed by atoms with van der Waals surface area (Å²) in [5, 5.41) is 2.86. The Hall–Kier alpha value is -1.43. The van der Waals surface area contributed by atoms with Crippen LogP contribution in [0.25, 0.3) is 0 Å². The minimum absolute atomic E-state index is 0.218. The van der Waals surface area contributed by atoms with Crippen molar-refractivity contribution in [2.45, 2.75) is 37.8 Å². The topological polar surface area (TPSA) is 50.3 Å². The minimum atomic E-state index is -0.356. The molecule has 0 spiro atoms. The highest BCUT2D eigenvalue weighted by Crippen LogP contribution is 2.32. The number of nitrogens with zero attached hydrogens (tertiary/aromatic N) is 3. The average Bonchev–Trinajstić information content (AvgIpc) is 2.47. The van der Waals surface area contributed by atoms with Gasteiger partial charge in [-0.05, 0) is 12.8 Å². The van der Waals surface area contributed by atoms with Crippen LogP contribution in [0.5, 0.6) is 0 Å². The maximum Gasteiger partial charge on any atom is 0.224 e. The van der Waals surface area contributed by atoms with Gasteiger partial charge in [-0.15, -0.1) is 0 Å². The number of aromatic nitrogens is 2. The summed E-state index contributed by atoms with van der Waals surface area (Å²) >= 11 is 0. The molecule has 1 saturated heterocycles. The molecule has 2 atom stereocenters. The van der Waals surface area contributed by atoms with E-state index < -0.39 is 0 Å². The summed E-state index contributed by atoms with van der Waals surface area (Å²) in [7, 11) is 1.74. The quantitative estimate of drug-likeness (QED) is 0.884. The van der Waals surface area contributed by atoms with Crippen molar-refractivity contribution in [3.05, 3.63) is 12.0 Å². The van der Waals surface area contributed by atoms with Gasteiger partial charge in [0.15, 0.2) is 11.6 Å². The van der Waals surface area contributed by atoms with Crippen LogP contribution in [-0.2, 0) is 4.74 Å². The number of morpholine rings is 1. The molecule has 2 fully saturated rings. The summed E-state index contributed by atoms with van der Waals surface area (Å²) in [6, 6.07) is 0.247. The Morgan fingerprint density at radius 1 is 1.42 bits per heavy atom. The number of nitrogens with one attached hydrogen (secondary N) is 1. The van der Waals surface area contributed by atoms with Crippen molar-refractivity contribution >= 4 is 11.8 Å². The van der Waals surface area contributed by atoms with Crippen LogP contribution < -0.4 is 10.2 Å². The second-order valence-electron chi connectivity index (χ2n) is 5.07. The smallest absolute Gasteiger partial charge is 0.224 e. The van der Waals surface area contributed by atoms with Gasteiger partial charge < -0.3 is 15.0 Å². The van der Waals surface area contributed by atoms with E-state index in [2.05, 4.69) is 20.2 Å². The molecule has 1 aromatic heterocycles. The van der Waals surface area contributed by atoms with Gasteiger partial charge in [0, 0.05) is 13.6 Å². The van der Waals surface area contributed by atoms with E-state index in [1.165, 1.54) is 19.0 Å². The Morgan fingerprint density at radius 3 is 3.11 bits per heavy atom. The van der Waals surface area contributed by atoms with Crippen LogP contribution in [0.3, 0.4) is 0 Å². The van der Waals surface area contributed by atoms with Crippen LogP contribution in [0.1, 0.15) is 25.7 Å². The van der Waals surface area contributed by atoms with Crippen LogP contribution >= 0.6 is 0 Å². The molecule has 1 aliphatic carbocycles. The van der Waals surface area contributed by atoms with Crippen molar-refractivity contribution in [3.8, 4) is 0 Å². The highest BCUT2D eigenvalue weighted by atomic mass is 19.1. The van der Waals surface area contributed by atoms with Crippen molar-refractivity contribution < 1.29 is 9.13 Å². The van der Waals surface area contributed by atoms with Crippen molar-refractivity contribution in [1.29, 1.82) is 0 Å². The Morgan fingerprint density at radius 2 is 2.26 bits per heavy atom. The molecule has 2 heterocycles. The van der Waals surface area contributed by atoms with E-state index in [1.807, 2.05) is 0 Å². The molecule has 0 radical (unpaired) electrons. The number of hydrogen-bond donors (Lipinski definition) is 1. The largest absolute Gasteiger partial charge is 0.374 e. The number of fused-ring (bicyclic) bond motifs is 1. The van der Waals surface area contributed by atoms with Gasteiger partial charge >= 0.3 is 0 Å². The number of ether oxygens (including phenoxy) is 1. The Labute approximate surface area is 112 Å². The summed E-state index contributed by atoms with van der Waals surface area (Å²) in [5.41, 5.74) is 0. The Kier molecular flexibility index (Phi) is 3.50. The molecule has 0 bridgehead atoms. The first-order valence-corrected chi connectivity index (χ1v) is 6.88. The van der Waals surface area contributed by atoms with Gasteiger partial charge in [-0.2, -0.15) is 4.98 Å². The van der Waals surface area contributed by atoms with Gasteiger partial charge in [-0.1, -0.05) is 12.8 Å². The van der Waals surface area contributed by atoms with Gasteiger partial charge in [0.1, 0.15) is 0 Å². The summed E-state index contributed by atoms with van der Waals surface area (Å²) in [4.78, 5) is 10.2. The lowest BCUT2D eigenvalue weighted by Gasteiger charge is -2.44. The number of anilines is 2. The predicted octanol–water partition coefficient (Wildman–Crippen LogP) is 1.81. The van der Waals surface area contributed by atoms with Crippen molar-refractivity contribution in [2.24, 2.45) is 0 Å².